The standard InChI is InChI=1S/C22H32N6O2/c1-16-24-9-10-27(16)13-18-8-6-7-17(11-18)12-25-20(23-5)26-19-14-28(15-19)21(29)30-22(2,3)4/h6-11,19H,12-15H2,1-5H3,(H2,23,25,26). The Labute approximate surface area is 178 Å². The van der Waals surface area contributed by atoms with Gasteiger partial charge in [-0.05, 0) is 38.8 Å². The molecule has 0 radical (unpaired) electrons. The third-order valence-electron chi connectivity index (χ3n) is 4.83. The van der Waals surface area contributed by atoms with Gasteiger partial charge >= 0.3 is 6.09 Å². The molecule has 0 atom stereocenters. The molecule has 162 valence electrons. The van der Waals surface area contributed by atoms with Gasteiger partial charge in [0.15, 0.2) is 5.96 Å². The molecule has 8 heteroatoms. The summed E-state index contributed by atoms with van der Waals surface area (Å²) in [4.78, 5) is 22.3. The van der Waals surface area contributed by atoms with Crippen LogP contribution < -0.4 is 10.6 Å². The number of rotatable bonds is 5. The summed E-state index contributed by atoms with van der Waals surface area (Å²) in [5, 5.41) is 6.71. The molecule has 1 fully saturated rings. The van der Waals surface area contributed by atoms with Crippen molar-refractivity contribution >= 4 is 12.1 Å². The number of carbonyl (C=O) groups excluding carboxylic acids is 1. The van der Waals surface area contributed by atoms with Crippen molar-refractivity contribution in [2.45, 2.75) is 52.4 Å². The van der Waals surface area contributed by atoms with Gasteiger partial charge in [0.05, 0.1) is 6.04 Å². The van der Waals surface area contributed by atoms with E-state index in [0.29, 0.717) is 19.6 Å². The van der Waals surface area contributed by atoms with Crippen molar-refractivity contribution < 1.29 is 9.53 Å². The maximum absolute atomic E-state index is 12.0. The number of aromatic nitrogens is 2. The van der Waals surface area contributed by atoms with Crippen LogP contribution in [0.5, 0.6) is 0 Å². The van der Waals surface area contributed by atoms with Crippen LogP contribution in [0.15, 0.2) is 41.7 Å². The van der Waals surface area contributed by atoms with Gasteiger partial charge in [-0.3, -0.25) is 4.99 Å². The van der Waals surface area contributed by atoms with Crippen LogP contribution in [-0.4, -0.2) is 58.3 Å². The lowest BCUT2D eigenvalue weighted by atomic mass is 10.1. The summed E-state index contributed by atoms with van der Waals surface area (Å²) >= 11 is 0. The number of hydrogen-bond donors (Lipinski definition) is 2. The van der Waals surface area contributed by atoms with Crippen molar-refractivity contribution in [1.82, 2.24) is 25.1 Å². The number of amides is 1. The van der Waals surface area contributed by atoms with Gasteiger partial charge in [-0.1, -0.05) is 24.3 Å². The molecule has 0 spiro atoms. The number of aliphatic imine (C=N–C) groups is 1. The zero-order valence-corrected chi connectivity index (χ0v) is 18.5. The number of aryl methyl sites for hydroxylation is 1. The molecule has 0 saturated carbocycles. The average Bonchev–Trinajstić information content (AvgIpc) is 3.03. The zero-order valence-electron chi connectivity index (χ0n) is 18.5. The third kappa shape index (κ3) is 5.98. The monoisotopic (exact) mass is 412 g/mol. The van der Waals surface area contributed by atoms with Crippen molar-refractivity contribution in [1.29, 1.82) is 0 Å². The van der Waals surface area contributed by atoms with Gasteiger partial charge in [0.2, 0.25) is 0 Å². The van der Waals surface area contributed by atoms with E-state index < -0.39 is 5.60 Å². The number of likely N-dealkylation sites (tertiary alicyclic amines) is 1. The van der Waals surface area contributed by atoms with E-state index in [0.717, 1.165) is 18.3 Å². The van der Waals surface area contributed by atoms with Gasteiger partial charge in [0.1, 0.15) is 11.4 Å². The van der Waals surface area contributed by atoms with E-state index in [9.17, 15) is 4.79 Å². The van der Waals surface area contributed by atoms with E-state index in [1.807, 2.05) is 40.1 Å². The highest BCUT2D eigenvalue weighted by Gasteiger charge is 2.34. The van der Waals surface area contributed by atoms with E-state index in [2.05, 4.69) is 49.4 Å². The van der Waals surface area contributed by atoms with Crippen LogP contribution in [0.2, 0.25) is 0 Å². The van der Waals surface area contributed by atoms with Crippen molar-refractivity contribution in [3.8, 4) is 0 Å². The summed E-state index contributed by atoms with van der Waals surface area (Å²) in [6, 6.07) is 8.64. The molecule has 2 heterocycles. The molecule has 0 bridgehead atoms. The minimum atomic E-state index is -0.474. The van der Waals surface area contributed by atoms with Crippen LogP contribution >= 0.6 is 0 Å². The molecule has 1 amide bonds. The first-order valence-electron chi connectivity index (χ1n) is 10.2. The molecule has 1 aliphatic heterocycles. The van der Waals surface area contributed by atoms with Gasteiger partial charge in [0.25, 0.3) is 0 Å². The average molecular weight is 413 g/mol. The summed E-state index contributed by atoms with van der Waals surface area (Å²) in [6.45, 7) is 10.3. The summed E-state index contributed by atoms with van der Waals surface area (Å²) in [7, 11) is 1.75. The van der Waals surface area contributed by atoms with Crippen LogP contribution in [0.3, 0.4) is 0 Å². The molecule has 2 N–H and O–H groups in total. The lowest BCUT2D eigenvalue weighted by Gasteiger charge is -2.40. The maximum Gasteiger partial charge on any atom is 0.410 e. The largest absolute Gasteiger partial charge is 0.444 e. The van der Waals surface area contributed by atoms with Gasteiger partial charge in [-0.2, -0.15) is 0 Å². The molecule has 3 rings (SSSR count). The van der Waals surface area contributed by atoms with Gasteiger partial charge in [-0.15, -0.1) is 0 Å². The number of guanidine groups is 1. The van der Waals surface area contributed by atoms with Crippen LogP contribution in [0.4, 0.5) is 4.79 Å². The molecule has 0 unspecified atom stereocenters. The van der Waals surface area contributed by atoms with Crippen LogP contribution in [-0.2, 0) is 17.8 Å². The second kappa shape index (κ2) is 9.19. The van der Waals surface area contributed by atoms with Gasteiger partial charge in [0, 0.05) is 45.6 Å². The fourth-order valence-corrected chi connectivity index (χ4v) is 3.22. The first kappa shape index (κ1) is 21.7. The van der Waals surface area contributed by atoms with E-state index in [1.165, 1.54) is 11.1 Å². The summed E-state index contributed by atoms with van der Waals surface area (Å²) in [5.41, 5.74) is 1.93. The Morgan fingerprint density at radius 2 is 2.03 bits per heavy atom. The second-order valence-electron chi connectivity index (χ2n) is 8.57. The van der Waals surface area contributed by atoms with E-state index in [-0.39, 0.29) is 12.1 Å². The summed E-state index contributed by atoms with van der Waals surface area (Å²) in [5.74, 6) is 1.73. The Kier molecular flexibility index (Phi) is 6.64. The highest BCUT2D eigenvalue weighted by Crippen LogP contribution is 2.15. The number of benzene rings is 1. The first-order chi connectivity index (χ1) is 14.2. The Hall–Kier alpha value is -3.03. The fourth-order valence-electron chi connectivity index (χ4n) is 3.22. The number of ether oxygens (including phenoxy) is 1. The molecule has 2 aromatic rings. The highest BCUT2D eigenvalue weighted by molar-refractivity contribution is 5.80. The minimum Gasteiger partial charge on any atom is -0.444 e. The number of hydrogen-bond acceptors (Lipinski definition) is 4. The molecular weight excluding hydrogens is 380 g/mol. The van der Waals surface area contributed by atoms with Crippen molar-refractivity contribution in [2.24, 2.45) is 4.99 Å². The minimum absolute atomic E-state index is 0.166. The van der Waals surface area contributed by atoms with E-state index >= 15 is 0 Å². The Bertz CT molecular complexity index is 893. The van der Waals surface area contributed by atoms with Crippen LogP contribution in [0.25, 0.3) is 0 Å². The SMILES string of the molecule is CN=C(NCc1cccc(Cn2ccnc2C)c1)NC1CN(C(=O)OC(C)(C)C)C1. The number of nitrogens with zero attached hydrogens (tertiary/aromatic N) is 4. The van der Waals surface area contributed by atoms with Crippen molar-refractivity contribution in [2.75, 3.05) is 20.1 Å². The van der Waals surface area contributed by atoms with E-state index in [4.69, 9.17) is 4.74 Å². The molecule has 1 aromatic carbocycles. The number of nitrogens with one attached hydrogen (secondary N) is 2. The fraction of sp³-hybridized carbons (Fsp3) is 0.500. The second-order valence-corrected chi connectivity index (χ2v) is 8.57. The smallest absolute Gasteiger partial charge is 0.410 e. The lowest BCUT2D eigenvalue weighted by Crippen LogP contribution is -2.63. The maximum atomic E-state index is 12.0. The van der Waals surface area contributed by atoms with E-state index in [1.54, 1.807) is 11.9 Å². The van der Waals surface area contributed by atoms with Crippen LogP contribution in [0.1, 0.15) is 37.7 Å². The molecule has 8 nitrogen and oxygen atoms in total. The van der Waals surface area contributed by atoms with Gasteiger partial charge in [-0.25, -0.2) is 9.78 Å². The quantitative estimate of drug-likeness (QED) is 0.582. The Morgan fingerprint density at radius 3 is 2.67 bits per heavy atom. The Balaban J connectivity index is 1.46. The molecule has 0 aliphatic carbocycles. The number of imidazole rings is 1. The molecule has 1 saturated heterocycles. The van der Waals surface area contributed by atoms with Crippen LogP contribution in [0, 0.1) is 6.92 Å². The number of carbonyl (C=O) groups is 1. The lowest BCUT2D eigenvalue weighted by molar-refractivity contribution is 0.00701. The van der Waals surface area contributed by atoms with Crippen molar-refractivity contribution in [3.05, 3.63) is 53.6 Å². The normalized spacial score (nSPS) is 15.0. The third-order valence-corrected chi connectivity index (χ3v) is 4.83. The first-order valence-corrected chi connectivity index (χ1v) is 10.2. The molecule has 1 aliphatic rings. The summed E-state index contributed by atoms with van der Waals surface area (Å²) in [6.07, 6.45) is 3.54. The highest BCUT2D eigenvalue weighted by atomic mass is 16.6. The van der Waals surface area contributed by atoms with Gasteiger partial charge < -0.3 is 24.8 Å². The summed E-state index contributed by atoms with van der Waals surface area (Å²) < 4.78 is 7.52. The zero-order chi connectivity index (χ0) is 21.7. The topological polar surface area (TPSA) is 83.8 Å². The van der Waals surface area contributed by atoms with Crippen molar-refractivity contribution in [3.63, 3.8) is 0 Å². The molecule has 1 aromatic heterocycles. The predicted molar refractivity (Wildman–Crippen MR) is 117 cm³/mol. The Morgan fingerprint density at radius 1 is 1.30 bits per heavy atom. The molecule has 30 heavy (non-hydrogen) atoms. The predicted octanol–water partition coefficient (Wildman–Crippen LogP) is 2.52. The molecular formula is C22H32N6O2.